The van der Waals surface area contributed by atoms with E-state index >= 15 is 0 Å². The lowest BCUT2D eigenvalue weighted by Gasteiger charge is -2.38. The van der Waals surface area contributed by atoms with Crippen molar-refractivity contribution in [2.45, 2.75) is 37.8 Å². The molecule has 7 heteroatoms. The minimum Gasteiger partial charge on any atom is -0.726 e. The van der Waals surface area contributed by atoms with Crippen LogP contribution >= 0.6 is 0 Å². The van der Waals surface area contributed by atoms with Gasteiger partial charge in [0.25, 0.3) is 0 Å². The van der Waals surface area contributed by atoms with Crippen molar-refractivity contribution >= 4 is 10.4 Å². The summed E-state index contributed by atoms with van der Waals surface area (Å²) in [6.07, 6.45) is 5.07. The maximum absolute atomic E-state index is 9.22. The molecule has 1 rings (SSSR count). The number of hydrogen-bond donors (Lipinski definition) is 1. The summed E-state index contributed by atoms with van der Waals surface area (Å²) in [6.45, 7) is 0. The Morgan fingerprint density at radius 2 is 1.53 bits per heavy atom. The van der Waals surface area contributed by atoms with E-state index in [2.05, 4.69) is 25.3 Å². The number of nitrogens with zero attached hydrogens (tertiary/aromatic N) is 1. The number of quaternary nitrogens is 1. The van der Waals surface area contributed by atoms with E-state index in [-0.39, 0.29) is 0 Å². The van der Waals surface area contributed by atoms with E-state index in [1.807, 2.05) is 0 Å². The minimum absolute atomic E-state index is 0.484. The maximum Gasteiger partial charge on any atom is 0.217 e. The third-order valence-corrected chi connectivity index (χ3v) is 3.45. The van der Waals surface area contributed by atoms with Crippen LogP contribution in [0.2, 0.25) is 0 Å². The highest BCUT2D eigenvalue weighted by Gasteiger charge is 2.28. The van der Waals surface area contributed by atoms with E-state index in [1.54, 1.807) is 0 Å². The van der Waals surface area contributed by atoms with Gasteiger partial charge in [0.1, 0.15) is 0 Å². The van der Waals surface area contributed by atoms with Crippen LogP contribution in [0, 0.1) is 0 Å². The lowest BCUT2D eigenvalue weighted by molar-refractivity contribution is -0.897. The zero-order valence-electron chi connectivity index (χ0n) is 11.0. The highest BCUT2D eigenvalue weighted by Crippen LogP contribution is 2.23. The van der Waals surface area contributed by atoms with Gasteiger partial charge in [-0.05, 0) is 12.8 Å². The summed E-state index contributed by atoms with van der Waals surface area (Å²) in [5.41, 5.74) is 5.83. The minimum atomic E-state index is -4.41. The van der Waals surface area contributed by atoms with Crippen LogP contribution in [0.3, 0.4) is 0 Å². The summed E-state index contributed by atoms with van der Waals surface area (Å²) in [7, 11) is 3.23. The van der Waals surface area contributed by atoms with E-state index in [4.69, 9.17) is 5.73 Å². The molecule has 0 unspecified atom stereocenters. The third-order valence-electron chi connectivity index (χ3n) is 3.04. The molecule has 2 N–H and O–H groups in total. The third kappa shape index (κ3) is 8.50. The SMILES string of the molecule is COS(=O)(=O)[O-].C[N+](C)(C)C1CCC(N)CC1. The van der Waals surface area contributed by atoms with Crippen molar-refractivity contribution in [1.29, 1.82) is 0 Å². The van der Waals surface area contributed by atoms with Gasteiger partial charge in [-0.15, -0.1) is 0 Å². The summed E-state index contributed by atoms with van der Waals surface area (Å²) in [5, 5.41) is 0. The second-order valence-corrected chi connectivity index (χ2v) is 6.41. The fourth-order valence-electron chi connectivity index (χ4n) is 1.88. The number of hydrogen-bond acceptors (Lipinski definition) is 5. The van der Waals surface area contributed by atoms with Gasteiger partial charge in [-0.1, -0.05) is 0 Å². The van der Waals surface area contributed by atoms with Crippen LogP contribution in [0.25, 0.3) is 0 Å². The molecule has 0 bridgehead atoms. The van der Waals surface area contributed by atoms with Crippen LogP contribution in [0.4, 0.5) is 0 Å². The van der Waals surface area contributed by atoms with Crippen molar-refractivity contribution in [2.24, 2.45) is 5.73 Å². The fraction of sp³-hybridized carbons (Fsp3) is 1.00. The summed E-state index contributed by atoms with van der Waals surface area (Å²) < 4.78 is 32.1. The van der Waals surface area contributed by atoms with Crippen LogP contribution in [-0.2, 0) is 14.6 Å². The summed E-state index contributed by atoms with van der Waals surface area (Å²) in [4.78, 5) is 0. The average molecular weight is 268 g/mol. The molecule has 0 aliphatic heterocycles. The van der Waals surface area contributed by atoms with E-state index in [9.17, 15) is 13.0 Å². The first-order valence-corrected chi connectivity index (χ1v) is 6.97. The molecule has 0 spiro atoms. The Morgan fingerprint density at radius 1 is 1.18 bits per heavy atom. The van der Waals surface area contributed by atoms with Crippen molar-refractivity contribution in [2.75, 3.05) is 28.3 Å². The van der Waals surface area contributed by atoms with Crippen molar-refractivity contribution in [3.05, 3.63) is 0 Å². The first-order valence-electron chi connectivity index (χ1n) is 5.64. The standard InChI is InChI=1S/C9H21N2.CH4O4S/c1-11(2,3)9-6-4-8(10)5-7-9;1-5-6(2,3)4/h8-9H,4-7,10H2,1-3H3;1H3,(H,2,3,4)/q+1;/p-1. The Bertz CT molecular complexity index is 303. The maximum atomic E-state index is 9.22. The van der Waals surface area contributed by atoms with Crippen molar-refractivity contribution < 1.29 is 21.6 Å². The summed E-state index contributed by atoms with van der Waals surface area (Å²) >= 11 is 0. The van der Waals surface area contributed by atoms with Gasteiger partial charge in [0, 0.05) is 18.9 Å². The Kier molecular flexibility index (Phi) is 6.57. The van der Waals surface area contributed by atoms with Crippen molar-refractivity contribution in [3.8, 4) is 0 Å². The molecule has 1 fully saturated rings. The number of rotatable bonds is 2. The molecular weight excluding hydrogens is 244 g/mol. The van der Waals surface area contributed by atoms with Gasteiger partial charge in [0.2, 0.25) is 10.4 Å². The Hall–Kier alpha value is -0.210. The molecule has 17 heavy (non-hydrogen) atoms. The fourth-order valence-corrected chi connectivity index (χ4v) is 1.88. The van der Waals surface area contributed by atoms with Crippen LogP contribution in [0.15, 0.2) is 0 Å². The normalized spacial score (nSPS) is 26.0. The molecule has 0 atom stereocenters. The monoisotopic (exact) mass is 268 g/mol. The van der Waals surface area contributed by atoms with Gasteiger partial charge in [-0.3, -0.25) is 4.18 Å². The van der Waals surface area contributed by atoms with Crippen LogP contribution < -0.4 is 5.73 Å². The van der Waals surface area contributed by atoms with E-state index in [0.717, 1.165) is 17.6 Å². The van der Waals surface area contributed by atoms with E-state index in [0.29, 0.717) is 6.04 Å². The summed E-state index contributed by atoms with van der Waals surface area (Å²) in [6, 6.07) is 1.33. The molecule has 0 radical (unpaired) electrons. The average Bonchev–Trinajstić information content (AvgIpc) is 2.17. The van der Waals surface area contributed by atoms with Gasteiger partial charge in [0.15, 0.2) is 0 Å². The molecule has 0 aromatic heterocycles. The molecule has 0 saturated heterocycles. The second-order valence-electron chi connectivity index (χ2n) is 5.26. The molecule has 1 aliphatic carbocycles. The molecule has 1 aliphatic rings. The molecule has 104 valence electrons. The van der Waals surface area contributed by atoms with Gasteiger partial charge in [-0.2, -0.15) is 0 Å². The predicted molar refractivity (Wildman–Crippen MR) is 65.0 cm³/mol. The van der Waals surface area contributed by atoms with Gasteiger partial charge in [0.05, 0.1) is 34.3 Å². The molecule has 1 saturated carbocycles. The van der Waals surface area contributed by atoms with E-state index in [1.165, 1.54) is 25.7 Å². The predicted octanol–water partition coefficient (Wildman–Crippen LogP) is 0.0555. The Balaban J connectivity index is 0.000000366. The lowest BCUT2D eigenvalue weighted by Crippen LogP contribution is -2.48. The molecule has 6 nitrogen and oxygen atoms in total. The highest BCUT2D eigenvalue weighted by atomic mass is 32.3. The first kappa shape index (κ1) is 16.8. The van der Waals surface area contributed by atoms with Crippen LogP contribution in [0.1, 0.15) is 25.7 Å². The highest BCUT2D eigenvalue weighted by molar-refractivity contribution is 7.80. The zero-order valence-corrected chi connectivity index (χ0v) is 11.9. The van der Waals surface area contributed by atoms with Crippen molar-refractivity contribution in [3.63, 3.8) is 0 Å². The van der Waals surface area contributed by atoms with E-state index < -0.39 is 10.4 Å². The molecule has 0 aromatic rings. The smallest absolute Gasteiger partial charge is 0.217 e. The van der Waals surface area contributed by atoms with Gasteiger partial charge < -0.3 is 14.8 Å². The molecule has 0 heterocycles. The zero-order chi connectivity index (χ0) is 13.7. The van der Waals surface area contributed by atoms with Crippen LogP contribution in [-0.4, -0.2) is 57.8 Å². The Labute approximate surface area is 104 Å². The number of nitrogens with two attached hydrogens (primary N) is 1. The Morgan fingerprint density at radius 3 is 1.76 bits per heavy atom. The summed E-state index contributed by atoms with van der Waals surface area (Å²) in [5.74, 6) is 0. The second kappa shape index (κ2) is 6.65. The van der Waals surface area contributed by atoms with Crippen LogP contribution in [0.5, 0.6) is 0 Å². The van der Waals surface area contributed by atoms with Gasteiger partial charge in [-0.25, -0.2) is 8.42 Å². The molecule has 0 amide bonds. The van der Waals surface area contributed by atoms with Crippen molar-refractivity contribution in [1.82, 2.24) is 0 Å². The van der Waals surface area contributed by atoms with Gasteiger partial charge >= 0.3 is 0 Å². The largest absolute Gasteiger partial charge is 0.726 e. The topological polar surface area (TPSA) is 92.5 Å². The first-order chi connectivity index (χ1) is 7.56. The quantitative estimate of drug-likeness (QED) is 0.434. The lowest BCUT2D eigenvalue weighted by atomic mass is 9.90. The molecule has 0 aromatic carbocycles. The molecular formula is C10H24N2O4S.